The van der Waals surface area contributed by atoms with Gasteiger partial charge >= 0.3 is 8.25 Å². The molecule has 0 aliphatic rings. The fourth-order valence-electron chi connectivity index (χ4n) is 0.287. The van der Waals surface area contributed by atoms with Crippen LogP contribution in [0.4, 0.5) is 0 Å². The first-order valence-corrected chi connectivity index (χ1v) is 3.69. The molecule has 0 saturated carbocycles. The summed E-state index contributed by atoms with van der Waals surface area (Å²) in [4.78, 5) is 8.07. The zero-order chi connectivity index (χ0) is 6.41. The lowest BCUT2D eigenvalue weighted by Crippen LogP contribution is -1.82. The van der Waals surface area contributed by atoms with Gasteiger partial charge in [0.25, 0.3) is 0 Å². The molecule has 5 heteroatoms. The van der Waals surface area contributed by atoms with Crippen LogP contribution in [0.25, 0.3) is 0 Å². The van der Waals surface area contributed by atoms with Gasteiger partial charge in [0.05, 0.1) is 0 Å². The molecule has 4 nitrogen and oxygen atoms in total. The maximum absolute atomic E-state index is 9.80. The highest BCUT2D eigenvalue weighted by molar-refractivity contribution is 7.32. The molecule has 0 aliphatic carbocycles. The molecule has 0 spiro atoms. The Balaban J connectivity index is 0. The van der Waals surface area contributed by atoms with Gasteiger partial charge in [-0.3, -0.25) is 0 Å². The SMILES string of the molecule is CCCCO[P+](=O)O.N. The van der Waals surface area contributed by atoms with Crippen molar-refractivity contribution < 1.29 is 14.0 Å². The second kappa shape index (κ2) is 7.98. The summed E-state index contributed by atoms with van der Waals surface area (Å²) in [5, 5.41) is 0. The fraction of sp³-hybridized carbons (Fsp3) is 1.00. The van der Waals surface area contributed by atoms with Gasteiger partial charge in [0, 0.05) is 4.57 Å². The van der Waals surface area contributed by atoms with Gasteiger partial charge in [-0.2, -0.15) is 0 Å². The summed E-state index contributed by atoms with van der Waals surface area (Å²) in [7, 11) is -2.36. The van der Waals surface area contributed by atoms with E-state index in [4.69, 9.17) is 4.89 Å². The third-order valence-corrected chi connectivity index (χ3v) is 1.10. The molecule has 0 aliphatic heterocycles. The van der Waals surface area contributed by atoms with Gasteiger partial charge in [0.2, 0.25) is 0 Å². The normalized spacial score (nSPS) is 10.2. The van der Waals surface area contributed by atoms with Crippen LogP contribution in [-0.2, 0) is 9.09 Å². The second-order valence-electron chi connectivity index (χ2n) is 1.42. The monoisotopic (exact) mass is 154 g/mol. The summed E-state index contributed by atoms with van der Waals surface area (Å²) < 4.78 is 14.1. The van der Waals surface area contributed by atoms with E-state index >= 15 is 0 Å². The third kappa shape index (κ3) is 11.5. The molecule has 0 fully saturated rings. The van der Waals surface area contributed by atoms with E-state index in [1.807, 2.05) is 6.92 Å². The zero-order valence-electron chi connectivity index (χ0n) is 5.54. The van der Waals surface area contributed by atoms with E-state index in [0.29, 0.717) is 6.61 Å². The van der Waals surface area contributed by atoms with Crippen LogP contribution in [0, 0.1) is 0 Å². The molecule has 1 atom stereocenters. The van der Waals surface area contributed by atoms with Crippen molar-refractivity contribution in [3.63, 3.8) is 0 Å². The summed E-state index contributed by atoms with van der Waals surface area (Å²) >= 11 is 0. The van der Waals surface area contributed by atoms with E-state index in [-0.39, 0.29) is 6.15 Å². The Bertz CT molecular complexity index is 78.2. The fourth-order valence-corrected chi connectivity index (χ4v) is 0.572. The van der Waals surface area contributed by atoms with E-state index < -0.39 is 8.25 Å². The van der Waals surface area contributed by atoms with Crippen molar-refractivity contribution >= 4 is 8.25 Å². The van der Waals surface area contributed by atoms with Crippen LogP contribution in [-0.4, -0.2) is 11.5 Å². The van der Waals surface area contributed by atoms with Crippen LogP contribution in [0.1, 0.15) is 19.8 Å². The van der Waals surface area contributed by atoms with Gasteiger partial charge < -0.3 is 6.15 Å². The van der Waals surface area contributed by atoms with Crippen molar-refractivity contribution in [2.75, 3.05) is 6.61 Å². The molecule has 0 rings (SSSR count). The molecule has 0 heterocycles. The van der Waals surface area contributed by atoms with Crippen LogP contribution in [0.5, 0.6) is 0 Å². The van der Waals surface area contributed by atoms with Gasteiger partial charge in [-0.05, 0) is 6.42 Å². The first-order valence-electron chi connectivity index (χ1n) is 2.56. The molecule has 9 heavy (non-hydrogen) atoms. The van der Waals surface area contributed by atoms with E-state index in [0.717, 1.165) is 12.8 Å². The summed E-state index contributed by atoms with van der Waals surface area (Å²) in [6.07, 6.45) is 1.84. The van der Waals surface area contributed by atoms with Crippen LogP contribution in [0.2, 0.25) is 0 Å². The average molecular weight is 154 g/mol. The molecule has 0 aromatic carbocycles. The van der Waals surface area contributed by atoms with E-state index in [2.05, 4.69) is 4.52 Å². The highest BCUT2D eigenvalue weighted by Gasteiger charge is 2.08. The van der Waals surface area contributed by atoms with Crippen molar-refractivity contribution in [2.24, 2.45) is 0 Å². The smallest absolute Gasteiger partial charge is 0.344 e. The van der Waals surface area contributed by atoms with Gasteiger partial charge in [0.1, 0.15) is 6.61 Å². The van der Waals surface area contributed by atoms with Crippen LogP contribution in [0.15, 0.2) is 0 Å². The maximum atomic E-state index is 9.80. The summed E-state index contributed by atoms with van der Waals surface area (Å²) in [5.74, 6) is 0. The summed E-state index contributed by atoms with van der Waals surface area (Å²) in [5.41, 5.74) is 0. The van der Waals surface area contributed by atoms with Gasteiger partial charge in [-0.25, -0.2) is 0 Å². The van der Waals surface area contributed by atoms with Crippen LogP contribution >= 0.6 is 8.25 Å². The van der Waals surface area contributed by atoms with Crippen LogP contribution in [0.3, 0.4) is 0 Å². The van der Waals surface area contributed by atoms with Crippen molar-refractivity contribution in [1.29, 1.82) is 0 Å². The lowest BCUT2D eigenvalue weighted by Gasteiger charge is -1.83. The number of hydrogen-bond donors (Lipinski definition) is 2. The van der Waals surface area contributed by atoms with Crippen molar-refractivity contribution in [2.45, 2.75) is 19.8 Å². The topological polar surface area (TPSA) is 81.5 Å². The lowest BCUT2D eigenvalue weighted by atomic mass is 10.4. The number of unbranched alkanes of at least 4 members (excludes halogenated alkanes) is 1. The van der Waals surface area contributed by atoms with E-state index in [1.165, 1.54) is 0 Å². The quantitative estimate of drug-likeness (QED) is 0.476. The minimum atomic E-state index is -2.36. The van der Waals surface area contributed by atoms with Gasteiger partial charge in [0.15, 0.2) is 0 Å². The Morgan fingerprint density at radius 3 is 2.56 bits per heavy atom. The van der Waals surface area contributed by atoms with Crippen LogP contribution < -0.4 is 6.15 Å². The molecule has 0 saturated heterocycles. The second-order valence-corrected chi connectivity index (χ2v) is 2.16. The van der Waals surface area contributed by atoms with Crippen molar-refractivity contribution in [3.8, 4) is 0 Å². The molecule has 4 N–H and O–H groups in total. The molecular formula is C4H13NO3P+. The molecule has 0 amide bonds. The Morgan fingerprint density at radius 2 is 2.22 bits per heavy atom. The minimum Gasteiger partial charge on any atom is -0.344 e. The Kier molecular flexibility index (Phi) is 10.4. The predicted octanol–water partition coefficient (Wildman–Crippen LogP) is 1.61. The van der Waals surface area contributed by atoms with E-state index in [9.17, 15) is 4.57 Å². The highest BCUT2D eigenvalue weighted by Crippen LogP contribution is 2.14. The molecule has 0 bridgehead atoms. The average Bonchev–Trinajstić information content (AvgIpc) is 1.66. The third-order valence-electron chi connectivity index (χ3n) is 0.700. The molecular weight excluding hydrogens is 141 g/mol. The summed E-state index contributed by atoms with van der Waals surface area (Å²) in [6.45, 7) is 2.38. The zero-order valence-corrected chi connectivity index (χ0v) is 6.43. The predicted molar refractivity (Wildman–Crippen MR) is 35.7 cm³/mol. The van der Waals surface area contributed by atoms with Gasteiger partial charge in [-0.15, -0.1) is 9.42 Å². The molecule has 0 aromatic heterocycles. The molecule has 1 unspecified atom stereocenters. The molecule has 0 radical (unpaired) electrons. The van der Waals surface area contributed by atoms with Gasteiger partial charge in [-0.1, -0.05) is 13.3 Å². The number of hydrogen-bond acceptors (Lipinski definition) is 3. The summed E-state index contributed by atoms with van der Waals surface area (Å²) in [6, 6.07) is 0. The first-order chi connectivity index (χ1) is 3.77. The number of rotatable bonds is 4. The standard InChI is InChI=1S/C4H9O3P.H3N/c1-2-3-4-7-8(5)6;/h2-4H2,1H3;1H3/p+1. The van der Waals surface area contributed by atoms with E-state index in [1.54, 1.807) is 0 Å². The maximum Gasteiger partial charge on any atom is 0.694 e. The van der Waals surface area contributed by atoms with Crippen molar-refractivity contribution in [3.05, 3.63) is 0 Å². The highest BCUT2D eigenvalue weighted by atomic mass is 31.1. The Labute approximate surface area is 55.8 Å². The largest absolute Gasteiger partial charge is 0.694 e. The first kappa shape index (κ1) is 11.7. The lowest BCUT2D eigenvalue weighted by molar-refractivity contribution is 0.276. The molecule has 56 valence electrons. The van der Waals surface area contributed by atoms with Crippen molar-refractivity contribution in [1.82, 2.24) is 6.15 Å². The molecule has 0 aromatic rings. The Hall–Kier alpha value is -0.0200. The minimum absolute atomic E-state index is 0. The Morgan fingerprint density at radius 1 is 1.67 bits per heavy atom.